The summed E-state index contributed by atoms with van der Waals surface area (Å²) in [5.74, 6) is -0.463. The summed E-state index contributed by atoms with van der Waals surface area (Å²) < 4.78 is 6.63. The Hall–Kier alpha value is -2.65. The molecule has 0 bridgehead atoms. The summed E-state index contributed by atoms with van der Waals surface area (Å²) in [7, 11) is 1.62. The molecule has 6 heteroatoms. The van der Waals surface area contributed by atoms with Crippen molar-refractivity contribution in [2.75, 3.05) is 6.61 Å². The molecule has 2 aromatic rings. The fourth-order valence-electron chi connectivity index (χ4n) is 2.51. The Morgan fingerprint density at radius 3 is 2.61 bits per heavy atom. The third-order valence-corrected chi connectivity index (χ3v) is 4.15. The van der Waals surface area contributed by atoms with Gasteiger partial charge in [0.25, 0.3) is 11.6 Å². The van der Waals surface area contributed by atoms with E-state index in [2.05, 4.69) is 0 Å². The summed E-state index contributed by atoms with van der Waals surface area (Å²) in [6.45, 7) is 3.52. The fraction of sp³-hybridized carbons (Fsp3) is 0.235. The number of hydrogen-bond donors (Lipinski definition) is 0. The van der Waals surface area contributed by atoms with Gasteiger partial charge in [-0.15, -0.1) is 6.42 Å². The Bertz CT molecular complexity index is 822. The molecule has 0 spiro atoms. The third-order valence-electron chi connectivity index (χ3n) is 3.46. The molecule has 0 aliphatic heterocycles. The summed E-state index contributed by atoms with van der Waals surface area (Å²) in [6, 6.07) is 1.83. The van der Waals surface area contributed by atoms with E-state index < -0.39 is 17.5 Å². The number of rotatable bonds is 5. The molecule has 0 aliphatic rings. The molecule has 0 saturated heterocycles. The number of ketones is 2. The lowest BCUT2D eigenvalue weighted by Crippen LogP contribution is -2.16. The maximum absolute atomic E-state index is 12.3. The van der Waals surface area contributed by atoms with E-state index in [0.717, 1.165) is 5.56 Å². The molecule has 0 radical (unpaired) electrons. The van der Waals surface area contributed by atoms with Gasteiger partial charge in [0.05, 0.1) is 23.6 Å². The predicted molar refractivity (Wildman–Crippen MR) is 87.6 cm³/mol. The normalized spacial score (nSPS) is 10.2. The van der Waals surface area contributed by atoms with Gasteiger partial charge in [-0.25, -0.2) is 4.79 Å². The first kappa shape index (κ1) is 16.7. The van der Waals surface area contributed by atoms with Crippen LogP contribution in [0.5, 0.6) is 0 Å². The van der Waals surface area contributed by atoms with E-state index in [-0.39, 0.29) is 17.9 Å². The van der Waals surface area contributed by atoms with E-state index >= 15 is 0 Å². The Morgan fingerprint density at radius 2 is 2.09 bits per heavy atom. The Balaban J connectivity index is 2.75. The van der Waals surface area contributed by atoms with Gasteiger partial charge in [0.2, 0.25) is 0 Å². The zero-order valence-electron chi connectivity index (χ0n) is 13.0. The standard InChI is InChI=1S/C17H15NO4S/c1-5-12(19)16(20)14-10(3)13(17(21)22-6-2)15(18(14)4)11-7-8-23-9-11/h1,7-9H,6H2,2-4H3. The van der Waals surface area contributed by atoms with Crippen molar-refractivity contribution in [1.82, 2.24) is 4.57 Å². The predicted octanol–water partition coefficient (Wildman–Crippen LogP) is 2.62. The van der Waals surface area contributed by atoms with Gasteiger partial charge in [0.15, 0.2) is 0 Å². The number of nitrogens with zero attached hydrogens (tertiary/aromatic N) is 1. The van der Waals surface area contributed by atoms with Crippen LogP contribution in [0.1, 0.15) is 33.3 Å². The van der Waals surface area contributed by atoms with E-state index in [1.54, 1.807) is 20.9 Å². The molecule has 0 saturated carbocycles. The molecule has 0 fully saturated rings. The van der Waals surface area contributed by atoms with E-state index in [0.29, 0.717) is 11.3 Å². The van der Waals surface area contributed by atoms with Crippen LogP contribution in [-0.4, -0.2) is 28.7 Å². The average Bonchev–Trinajstić information content (AvgIpc) is 3.12. The molecule has 0 aliphatic carbocycles. The number of terminal acetylenes is 1. The number of aromatic nitrogens is 1. The van der Waals surface area contributed by atoms with E-state index in [1.165, 1.54) is 15.9 Å². The molecular formula is C17H15NO4S. The molecular weight excluding hydrogens is 314 g/mol. The molecule has 2 aromatic heterocycles. The van der Waals surface area contributed by atoms with Crippen LogP contribution in [0.15, 0.2) is 16.8 Å². The van der Waals surface area contributed by atoms with E-state index in [1.807, 2.05) is 22.7 Å². The summed E-state index contributed by atoms with van der Waals surface area (Å²) in [6.07, 6.45) is 5.04. The molecule has 2 rings (SSSR count). The molecule has 0 unspecified atom stereocenters. The minimum absolute atomic E-state index is 0.109. The van der Waals surface area contributed by atoms with Gasteiger partial charge in [0.1, 0.15) is 0 Å². The van der Waals surface area contributed by atoms with Crippen LogP contribution in [0.4, 0.5) is 0 Å². The third kappa shape index (κ3) is 2.83. The van der Waals surface area contributed by atoms with Crippen molar-refractivity contribution in [1.29, 1.82) is 0 Å². The quantitative estimate of drug-likeness (QED) is 0.278. The highest BCUT2D eigenvalue weighted by Gasteiger charge is 2.30. The second kappa shape index (κ2) is 6.63. The first-order valence-corrected chi connectivity index (χ1v) is 7.82. The Morgan fingerprint density at radius 1 is 1.39 bits per heavy atom. The van der Waals surface area contributed by atoms with Crippen molar-refractivity contribution < 1.29 is 19.1 Å². The van der Waals surface area contributed by atoms with E-state index in [4.69, 9.17) is 11.2 Å². The van der Waals surface area contributed by atoms with Crippen molar-refractivity contribution >= 4 is 28.9 Å². The molecule has 5 nitrogen and oxygen atoms in total. The second-order valence-electron chi connectivity index (χ2n) is 4.79. The van der Waals surface area contributed by atoms with Gasteiger partial charge in [0, 0.05) is 18.0 Å². The SMILES string of the molecule is C#CC(=O)C(=O)c1c(C)c(C(=O)OCC)c(-c2ccsc2)n1C. The minimum Gasteiger partial charge on any atom is -0.462 e. The molecule has 0 amide bonds. The molecule has 2 heterocycles. The summed E-state index contributed by atoms with van der Waals surface area (Å²) in [5.41, 5.74) is 2.09. The molecule has 0 N–H and O–H groups in total. The van der Waals surface area contributed by atoms with Crippen molar-refractivity contribution in [2.24, 2.45) is 7.05 Å². The van der Waals surface area contributed by atoms with E-state index in [9.17, 15) is 14.4 Å². The Kier molecular flexibility index (Phi) is 4.82. The lowest BCUT2D eigenvalue weighted by molar-refractivity contribution is -0.110. The lowest BCUT2D eigenvalue weighted by Gasteiger charge is -2.06. The Labute approximate surface area is 137 Å². The number of thiophene rings is 1. The average molecular weight is 329 g/mol. The van der Waals surface area contributed by atoms with Gasteiger partial charge in [-0.2, -0.15) is 11.3 Å². The highest BCUT2D eigenvalue weighted by atomic mass is 32.1. The van der Waals surface area contributed by atoms with Crippen molar-refractivity contribution in [2.45, 2.75) is 13.8 Å². The zero-order chi connectivity index (χ0) is 17.1. The van der Waals surface area contributed by atoms with Crippen LogP contribution in [0.3, 0.4) is 0 Å². The number of Topliss-reactive ketones (excluding diaryl/α,β-unsaturated/α-hetero) is 2. The highest BCUT2D eigenvalue weighted by Crippen LogP contribution is 2.33. The topological polar surface area (TPSA) is 65.4 Å². The van der Waals surface area contributed by atoms with Crippen LogP contribution in [0.25, 0.3) is 11.3 Å². The number of hydrogen-bond acceptors (Lipinski definition) is 5. The smallest absolute Gasteiger partial charge is 0.340 e. The summed E-state index contributed by atoms with van der Waals surface area (Å²) in [5, 5.41) is 3.72. The molecule has 0 atom stereocenters. The monoisotopic (exact) mass is 329 g/mol. The molecule has 0 aromatic carbocycles. The van der Waals surface area contributed by atoms with Crippen LogP contribution in [0.2, 0.25) is 0 Å². The first-order valence-electron chi connectivity index (χ1n) is 6.88. The number of esters is 1. The number of carbonyl (C=O) groups is 3. The number of carbonyl (C=O) groups excluding carboxylic acids is 3. The minimum atomic E-state index is -0.944. The highest BCUT2D eigenvalue weighted by molar-refractivity contribution is 7.08. The van der Waals surface area contributed by atoms with Gasteiger partial charge in [-0.05, 0) is 36.8 Å². The van der Waals surface area contributed by atoms with Crippen LogP contribution in [-0.2, 0) is 16.6 Å². The van der Waals surface area contributed by atoms with Crippen LogP contribution in [0, 0.1) is 19.3 Å². The zero-order valence-corrected chi connectivity index (χ0v) is 13.8. The maximum Gasteiger partial charge on any atom is 0.340 e. The van der Waals surface area contributed by atoms with Crippen molar-refractivity contribution in [3.8, 4) is 23.6 Å². The largest absolute Gasteiger partial charge is 0.462 e. The number of ether oxygens (including phenoxy) is 1. The van der Waals surface area contributed by atoms with Gasteiger partial charge >= 0.3 is 5.97 Å². The second-order valence-corrected chi connectivity index (χ2v) is 5.57. The lowest BCUT2D eigenvalue weighted by atomic mass is 10.0. The van der Waals surface area contributed by atoms with Gasteiger partial charge < -0.3 is 9.30 Å². The van der Waals surface area contributed by atoms with Crippen LogP contribution < -0.4 is 0 Å². The fourth-order valence-corrected chi connectivity index (χ4v) is 3.15. The van der Waals surface area contributed by atoms with Crippen molar-refractivity contribution in [3.05, 3.63) is 33.6 Å². The summed E-state index contributed by atoms with van der Waals surface area (Å²) >= 11 is 1.46. The van der Waals surface area contributed by atoms with Gasteiger partial charge in [-0.1, -0.05) is 0 Å². The van der Waals surface area contributed by atoms with Gasteiger partial charge in [-0.3, -0.25) is 9.59 Å². The van der Waals surface area contributed by atoms with Crippen molar-refractivity contribution in [3.63, 3.8) is 0 Å². The summed E-state index contributed by atoms with van der Waals surface area (Å²) in [4.78, 5) is 36.2. The van der Waals surface area contributed by atoms with Crippen LogP contribution >= 0.6 is 11.3 Å². The molecule has 118 valence electrons. The maximum atomic E-state index is 12.3. The molecule has 23 heavy (non-hydrogen) atoms. The first-order chi connectivity index (χ1) is 10.9.